The first-order chi connectivity index (χ1) is 18.4. The van der Waals surface area contributed by atoms with Crippen molar-refractivity contribution in [3.05, 3.63) is 87.5 Å². The van der Waals surface area contributed by atoms with Crippen molar-refractivity contribution in [3.63, 3.8) is 0 Å². The number of carbonyl (C=O) groups excluding carboxylic acids is 2. The number of pyridine rings is 1. The molecule has 2 amide bonds. The zero-order valence-electron chi connectivity index (χ0n) is 21.4. The van der Waals surface area contributed by atoms with E-state index in [1.54, 1.807) is 46.6 Å². The molecule has 4 aromatic rings. The van der Waals surface area contributed by atoms with Gasteiger partial charge in [-0.05, 0) is 62.9 Å². The summed E-state index contributed by atoms with van der Waals surface area (Å²) in [6.07, 6.45) is 3.92. The second-order valence-corrected chi connectivity index (χ2v) is 10.4. The number of nitrogens with zero attached hydrogens (tertiary/aromatic N) is 5. The number of amides is 2. The number of benzene rings is 1. The topological polar surface area (TPSA) is 93.0 Å². The van der Waals surface area contributed by atoms with Gasteiger partial charge in [0.1, 0.15) is 11.5 Å². The number of hydrogen-bond acceptors (Lipinski definition) is 6. The Hall–Kier alpha value is -3.92. The first-order valence-electron chi connectivity index (χ1n) is 12.7. The smallest absolute Gasteiger partial charge is 0.275 e. The number of aromatic nitrogens is 4. The maximum atomic E-state index is 13.9. The van der Waals surface area contributed by atoms with Crippen LogP contribution in [0.4, 0.5) is 10.1 Å². The van der Waals surface area contributed by atoms with E-state index in [-0.39, 0.29) is 23.5 Å². The van der Waals surface area contributed by atoms with Crippen molar-refractivity contribution in [2.75, 3.05) is 18.4 Å². The lowest BCUT2D eigenvalue weighted by molar-refractivity contribution is -0.132. The summed E-state index contributed by atoms with van der Waals surface area (Å²) in [4.78, 5) is 36.6. The van der Waals surface area contributed by atoms with Crippen molar-refractivity contribution < 1.29 is 14.0 Å². The molecule has 196 valence electrons. The molecule has 0 radical (unpaired) electrons. The maximum Gasteiger partial charge on any atom is 0.275 e. The van der Waals surface area contributed by atoms with Crippen LogP contribution in [0.15, 0.2) is 54.0 Å². The van der Waals surface area contributed by atoms with Crippen LogP contribution in [-0.2, 0) is 11.2 Å². The van der Waals surface area contributed by atoms with Crippen LogP contribution in [0.25, 0.3) is 5.82 Å². The number of thiazole rings is 1. The molecule has 0 saturated carbocycles. The average molecular weight is 533 g/mol. The Labute approximate surface area is 224 Å². The monoisotopic (exact) mass is 532 g/mol. The summed E-state index contributed by atoms with van der Waals surface area (Å²) in [6.45, 7) is 5.11. The zero-order valence-corrected chi connectivity index (χ0v) is 22.2. The molecular formula is C28H29FN6O2S. The predicted molar refractivity (Wildman–Crippen MR) is 144 cm³/mol. The van der Waals surface area contributed by atoms with Crippen LogP contribution in [0.3, 0.4) is 0 Å². The minimum atomic E-state index is -0.302. The zero-order chi connectivity index (χ0) is 26.6. The van der Waals surface area contributed by atoms with E-state index in [4.69, 9.17) is 0 Å². The number of likely N-dealkylation sites (tertiary alicyclic amines) is 1. The molecule has 38 heavy (non-hydrogen) atoms. The van der Waals surface area contributed by atoms with Gasteiger partial charge in [-0.1, -0.05) is 18.2 Å². The van der Waals surface area contributed by atoms with Crippen LogP contribution in [0, 0.1) is 19.7 Å². The van der Waals surface area contributed by atoms with Crippen LogP contribution in [0.1, 0.15) is 57.6 Å². The second-order valence-electron chi connectivity index (χ2n) is 9.49. The summed E-state index contributed by atoms with van der Waals surface area (Å²) in [6, 6.07) is 12.1. The number of anilines is 1. The standard InChI is InChI=1S/C28H29FN6O2S/c1-18-16-19(2)35(33-18)26-23(8-5-13-30-26)31-27(37)24-17-38-28(32-24)21-11-14-34(15-12-21)25(36)10-9-20-6-3-4-7-22(20)29/h3-8,13,16-17,21H,9-12,14-15H2,1-2H3,(H,31,37). The molecule has 0 spiro atoms. The minimum Gasteiger partial charge on any atom is -0.343 e. The van der Waals surface area contributed by atoms with Gasteiger partial charge in [0.2, 0.25) is 5.91 Å². The van der Waals surface area contributed by atoms with E-state index in [1.165, 1.54) is 17.4 Å². The molecule has 5 rings (SSSR count). The number of aryl methyl sites for hydroxylation is 3. The second kappa shape index (κ2) is 11.2. The van der Waals surface area contributed by atoms with Crippen LogP contribution < -0.4 is 5.32 Å². The van der Waals surface area contributed by atoms with E-state index in [9.17, 15) is 14.0 Å². The highest BCUT2D eigenvalue weighted by Gasteiger charge is 2.26. The van der Waals surface area contributed by atoms with Crippen LogP contribution in [-0.4, -0.2) is 49.6 Å². The highest BCUT2D eigenvalue weighted by Crippen LogP contribution is 2.31. The van der Waals surface area contributed by atoms with Crippen LogP contribution in [0.2, 0.25) is 0 Å². The SMILES string of the molecule is Cc1cc(C)n(-c2ncccc2NC(=O)c2csc(C3CCN(C(=O)CCc4ccccc4F)CC3)n2)n1. The summed E-state index contributed by atoms with van der Waals surface area (Å²) < 4.78 is 15.6. The molecule has 1 aromatic carbocycles. The third-order valence-electron chi connectivity index (χ3n) is 6.76. The molecule has 1 saturated heterocycles. The summed E-state index contributed by atoms with van der Waals surface area (Å²) >= 11 is 1.47. The molecule has 1 N–H and O–H groups in total. The summed E-state index contributed by atoms with van der Waals surface area (Å²) in [5, 5.41) is 10.1. The fourth-order valence-electron chi connectivity index (χ4n) is 4.75. The van der Waals surface area contributed by atoms with E-state index in [0.29, 0.717) is 48.7 Å². The van der Waals surface area contributed by atoms with Crippen molar-refractivity contribution in [2.45, 2.75) is 45.4 Å². The normalized spacial score (nSPS) is 14.0. The van der Waals surface area contributed by atoms with Gasteiger partial charge in [0.05, 0.1) is 16.4 Å². The Kier molecular flexibility index (Phi) is 7.59. The van der Waals surface area contributed by atoms with Gasteiger partial charge < -0.3 is 10.2 Å². The Morgan fingerprint density at radius 2 is 1.92 bits per heavy atom. The molecule has 0 bridgehead atoms. The number of nitrogens with one attached hydrogen (secondary N) is 1. The Morgan fingerprint density at radius 3 is 2.66 bits per heavy atom. The molecule has 0 aliphatic carbocycles. The highest BCUT2D eigenvalue weighted by atomic mass is 32.1. The van der Waals surface area contributed by atoms with Gasteiger partial charge in [-0.25, -0.2) is 19.0 Å². The van der Waals surface area contributed by atoms with Crippen molar-refractivity contribution in [1.29, 1.82) is 0 Å². The van der Waals surface area contributed by atoms with E-state index >= 15 is 0 Å². The van der Waals surface area contributed by atoms with Crippen LogP contribution >= 0.6 is 11.3 Å². The number of rotatable bonds is 7. The Bertz CT molecular complexity index is 1460. The molecule has 0 atom stereocenters. The molecule has 1 fully saturated rings. The van der Waals surface area contributed by atoms with Gasteiger partial charge in [-0.3, -0.25) is 9.59 Å². The van der Waals surface area contributed by atoms with Gasteiger partial charge in [0, 0.05) is 42.7 Å². The number of halogens is 1. The fourth-order valence-corrected chi connectivity index (χ4v) is 5.72. The molecule has 1 aliphatic heterocycles. The molecule has 0 unspecified atom stereocenters. The molecule has 1 aliphatic rings. The van der Waals surface area contributed by atoms with E-state index in [2.05, 4.69) is 20.4 Å². The van der Waals surface area contributed by atoms with Gasteiger partial charge in [0.25, 0.3) is 5.91 Å². The quantitative estimate of drug-likeness (QED) is 0.359. The van der Waals surface area contributed by atoms with Gasteiger partial charge >= 0.3 is 0 Å². The molecule has 8 nitrogen and oxygen atoms in total. The predicted octanol–water partition coefficient (Wildman–Crippen LogP) is 5.07. The first-order valence-corrected chi connectivity index (χ1v) is 13.5. The Balaban J connectivity index is 1.17. The average Bonchev–Trinajstić information content (AvgIpc) is 3.55. The summed E-state index contributed by atoms with van der Waals surface area (Å²) in [5.41, 5.74) is 3.27. The van der Waals surface area contributed by atoms with Gasteiger partial charge in [0.15, 0.2) is 5.82 Å². The fraction of sp³-hybridized carbons (Fsp3) is 0.321. The molecule has 3 aromatic heterocycles. The van der Waals surface area contributed by atoms with Crippen molar-refractivity contribution in [1.82, 2.24) is 24.6 Å². The van der Waals surface area contributed by atoms with Crippen molar-refractivity contribution in [2.24, 2.45) is 0 Å². The van der Waals surface area contributed by atoms with E-state index in [1.807, 2.05) is 24.8 Å². The largest absolute Gasteiger partial charge is 0.343 e. The molecule has 4 heterocycles. The van der Waals surface area contributed by atoms with Gasteiger partial charge in [-0.2, -0.15) is 5.10 Å². The van der Waals surface area contributed by atoms with Gasteiger partial charge in [-0.15, -0.1) is 11.3 Å². The minimum absolute atomic E-state index is 0.0424. The summed E-state index contributed by atoms with van der Waals surface area (Å²) in [5.74, 6) is 0.216. The van der Waals surface area contributed by atoms with E-state index < -0.39 is 0 Å². The maximum absolute atomic E-state index is 13.9. The molecule has 10 heteroatoms. The lowest BCUT2D eigenvalue weighted by Crippen LogP contribution is -2.38. The Morgan fingerprint density at radius 1 is 1.13 bits per heavy atom. The number of piperidine rings is 1. The van der Waals surface area contributed by atoms with Crippen LogP contribution in [0.5, 0.6) is 0 Å². The summed E-state index contributed by atoms with van der Waals surface area (Å²) in [7, 11) is 0. The van der Waals surface area contributed by atoms with Crippen molar-refractivity contribution in [3.8, 4) is 5.82 Å². The lowest BCUT2D eigenvalue weighted by atomic mass is 9.97. The first kappa shape index (κ1) is 25.7. The molecular weight excluding hydrogens is 503 g/mol. The third kappa shape index (κ3) is 5.65. The third-order valence-corrected chi connectivity index (χ3v) is 7.77. The van der Waals surface area contributed by atoms with E-state index in [0.717, 1.165) is 29.2 Å². The lowest BCUT2D eigenvalue weighted by Gasteiger charge is -2.31. The van der Waals surface area contributed by atoms with Crippen molar-refractivity contribution >= 4 is 28.8 Å². The highest BCUT2D eigenvalue weighted by molar-refractivity contribution is 7.10. The number of hydrogen-bond donors (Lipinski definition) is 1. The number of carbonyl (C=O) groups is 2.